The molecule has 1 aromatic heterocycles. The van der Waals surface area contributed by atoms with Crippen molar-refractivity contribution in [2.24, 2.45) is 7.05 Å². The second-order valence-electron chi connectivity index (χ2n) is 4.54. The maximum atomic E-state index is 9.16. The number of nitrogens with zero attached hydrogens (tertiary/aromatic N) is 3. The molecule has 0 fully saturated rings. The van der Waals surface area contributed by atoms with Crippen LogP contribution in [0, 0.1) is 11.3 Å². The molecule has 0 saturated carbocycles. The minimum atomic E-state index is 0.499. The Bertz CT molecular complexity index is 688. The first-order chi connectivity index (χ1) is 10.1. The number of aryl methyl sites for hydroxylation is 2. The second-order valence-corrected chi connectivity index (χ2v) is 4.95. The molecule has 2 aromatic rings. The van der Waals surface area contributed by atoms with Crippen molar-refractivity contribution in [1.82, 2.24) is 9.78 Å². The van der Waals surface area contributed by atoms with E-state index in [1.54, 1.807) is 30.0 Å². The number of aromatic nitrogens is 2. The number of ether oxygens (including phenoxy) is 1. The van der Waals surface area contributed by atoms with E-state index in [9.17, 15) is 0 Å². The van der Waals surface area contributed by atoms with Gasteiger partial charge >= 0.3 is 0 Å². The molecule has 1 heterocycles. The smallest absolute Gasteiger partial charge is 0.216 e. The maximum absolute atomic E-state index is 9.16. The van der Waals surface area contributed by atoms with Crippen LogP contribution in [0.4, 0.5) is 5.69 Å². The summed E-state index contributed by atoms with van der Waals surface area (Å²) in [5.41, 5.74) is 3.09. The molecule has 21 heavy (non-hydrogen) atoms. The Hall–Kier alpha value is -2.19. The quantitative estimate of drug-likeness (QED) is 0.922. The van der Waals surface area contributed by atoms with Crippen molar-refractivity contribution in [1.29, 1.82) is 5.26 Å². The predicted molar refractivity (Wildman–Crippen MR) is 82.6 cm³/mol. The predicted octanol–water partition coefficient (Wildman–Crippen LogP) is 3.13. The molecule has 6 heteroatoms. The molecule has 110 valence electrons. The summed E-state index contributed by atoms with van der Waals surface area (Å²) < 4.78 is 7.11. The van der Waals surface area contributed by atoms with Crippen LogP contribution in [0.25, 0.3) is 0 Å². The van der Waals surface area contributed by atoms with Gasteiger partial charge in [0.25, 0.3) is 0 Å². The van der Waals surface area contributed by atoms with Gasteiger partial charge in [0, 0.05) is 13.6 Å². The SMILES string of the molecule is CCc1nn(C)c(OC)c1CNc1c(Cl)cccc1C#N. The number of nitrogens with one attached hydrogen (secondary N) is 1. The average molecular weight is 305 g/mol. The van der Waals surface area contributed by atoms with E-state index in [0.717, 1.165) is 17.7 Å². The number of hydrogen-bond acceptors (Lipinski definition) is 4. The fourth-order valence-electron chi connectivity index (χ4n) is 2.30. The zero-order valence-corrected chi connectivity index (χ0v) is 13.0. The fourth-order valence-corrected chi connectivity index (χ4v) is 2.54. The average Bonchev–Trinajstić information content (AvgIpc) is 2.80. The molecule has 0 amide bonds. The summed E-state index contributed by atoms with van der Waals surface area (Å²) in [6.07, 6.45) is 0.807. The van der Waals surface area contributed by atoms with Crippen molar-refractivity contribution in [3.05, 3.63) is 40.0 Å². The third-order valence-corrected chi connectivity index (χ3v) is 3.59. The summed E-state index contributed by atoms with van der Waals surface area (Å²) in [6.45, 7) is 2.54. The summed E-state index contributed by atoms with van der Waals surface area (Å²) in [5.74, 6) is 0.713. The van der Waals surface area contributed by atoms with Crippen LogP contribution in [0.5, 0.6) is 5.88 Å². The third kappa shape index (κ3) is 2.96. The molecule has 0 aliphatic carbocycles. The fraction of sp³-hybridized carbons (Fsp3) is 0.333. The van der Waals surface area contributed by atoms with Crippen LogP contribution >= 0.6 is 11.6 Å². The first kappa shape index (κ1) is 15.2. The van der Waals surface area contributed by atoms with E-state index in [2.05, 4.69) is 16.5 Å². The first-order valence-electron chi connectivity index (χ1n) is 6.63. The maximum Gasteiger partial charge on any atom is 0.216 e. The topological polar surface area (TPSA) is 62.9 Å². The third-order valence-electron chi connectivity index (χ3n) is 3.28. The van der Waals surface area contributed by atoms with E-state index in [4.69, 9.17) is 21.6 Å². The number of nitriles is 1. The zero-order valence-electron chi connectivity index (χ0n) is 12.3. The standard InChI is InChI=1S/C15H17ClN4O/c1-4-13-11(15(21-3)20(2)19-13)9-18-14-10(8-17)6-5-7-12(14)16/h5-7,18H,4,9H2,1-3H3. The Morgan fingerprint density at radius 1 is 1.48 bits per heavy atom. The second kappa shape index (κ2) is 6.51. The Balaban J connectivity index is 2.31. The van der Waals surface area contributed by atoms with Crippen LogP contribution in [0.3, 0.4) is 0 Å². The van der Waals surface area contributed by atoms with Crippen LogP contribution in [0.1, 0.15) is 23.7 Å². The number of anilines is 1. The lowest BCUT2D eigenvalue weighted by Crippen LogP contribution is -2.05. The van der Waals surface area contributed by atoms with E-state index < -0.39 is 0 Å². The van der Waals surface area contributed by atoms with Crippen molar-refractivity contribution in [3.63, 3.8) is 0 Å². The van der Waals surface area contributed by atoms with E-state index in [1.165, 1.54) is 0 Å². The van der Waals surface area contributed by atoms with Gasteiger partial charge in [-0.2, -0.15) is 10.4 Å². The van der Waals surface area contributed by atoms with E-state index >= 15 is 0 Å². The highest BCUT2D eigenvalue weighted by molar-refractivity contribution is 6.33. The molecule has 0 spiro atoms. The van der Waals surface area contributed by atoms with Gasteiger partial charge in [-0.05, 0) is 18.6 Å². The van der Waals surface area contributed by atoms with Gasteiger partial charge in [-0.25, -0.2) is 4.68 Å². The molecular weight excluding hydrogens is 288 g/mol. The molecule has 0 bridgehead atoms. The monoisotopic (exact) mass is 304 g/mol. The van der Waals surface area contributed by atoms with E-state index in [-0.39, 0.29) is 0 Å². The largest absolute Gasteiger partial charge is 0.481 e. The van der Waals surface area contributed by atoms with Crippen molar-refractivity contribution < 1.29 is 4.74 Å². The van der Waals surface area contributed by atoms with E-state index in [0.29, 0.717) is 28.7 Å². The van der Waals surface area contributed by atoms with Gasteiger partial charge in [-0.15, -0.1) is 0 Å². The molecule has 0 unspecified atom stereocenters. The molecule has 5 nitrogen and oxygen atoms in total. The number of benzene rings is 1. The molecule has 0 atom stereocenters. The van der Waals surface area contributed by atoms with Crippen LogP contribution < -0.4 is 10.1 Å². The Morgan fingerprint density at radius 2 is 2.24 bits per heavy atom. The molecule has 0 radical (unpaired) electrons. The molecule has 0 saturated heterocycles. The highest BCUT2D eigenvalue weighted by Crippen LogP contribution is 2.28. The summed E-state index contributed by atoms with van der Waals surface area (Å²) >= 11 is 6.16. The molecule has 1 N–H and O–H groups in total. The number of rotatable bonds is 5. The molecule has 0 aliphatic heterocycles. The molecule has 0 aliphatic rings. The van der Waals surface area contributed by atoms with Crippen molar-refractivity contribution in [3.8, 4) is 11.9 Å². The summed E-state index contributed by atoms with van der Waals surface area (Å²) in [5, 5.41) is 17.3. The Kier molecular flexibility index (Phi) is 4.71. The van der Waals surface area contributed by atoms with E-state index in [1.807, 2.05) is 14.0 Å². The van der Waals surface area contributed by atoms with Gasteiger partial charge < -0.3 is 10.1 Å². The van der Waals surface area contributed by atoms with Gasteiger partial charge in [0.2, 0.25) is 5.88 Å². The Morgan fingerprint density at radius 3 is 2.86 bits per heavy atom. The van der Waals surface area contributed by atoms with Crippen molar-refractivity contribution >= 4 is 17.3 Å². The first-order valence-corrected chi connectivity index (χ1v) is 7.01. The van der Waals surface area contributed by atoms with Gasteiger partial charge in [-0.3, -0.25) is 0 Å². The minimum absolute atomic E-state index is 0.499. The number of para-hydroxylation sites is 1. The van der Waals surface area contributed by atoms with Crippen molar-refractivity contribution in [2.75, 3.05) is 12.4 Å². The van der Waals surface area contributed by atoms with Gasteiger partial charge in [0.15, 0.2) is 0 Å². The molecular formula is C15H17ClN4O. The lowest BCUT2D eigenvalue weighted by atomic mass is 10.1. The molecule has 2 rings (SSSR count). The van der Waals surface area contributed by atoms with Gasteiger partial charge in [0.05, 0.1) is 34.6 Å². The number of hydrogen-bond donors (Lipinski definition) is 1. The summed E-state index contributed by atoms with van der Waals surface area (Å²) in [6, 6.07) is 7.38. The number of halogens is 1. The summed E-state index contributed by atoms with van der Waals surface area (Å²) in [4.78, 5) is 0. The summed E-state index contributed by atoms with van der Waals surface area (Å²) in [7, 11) is 3.47. The van der Waals surface area contributed by atoms with Crippen LogP contribution in [0.15, 0.2) is 18.2 Å². The van der Waals surface area contributed by atoms with Crippen molar-refractivity contribution in [2.45, 2.75) is 19.9 Å². The highest BCUT2D eigenvalue weighted by Gasteiger charge is 2.16. The zero-order chi connectivity index (χ0) is 15.4. The lowest BCUT2D eigenvalue weighted by molar-refractivity contribution is 0.370. The van der Waals surface area contributed by atoms with Crippen LogP contribution in [0.2, 0.25) is 5.02 Å². The van der Waals surface area contributed by atoms with Crippen LogP contribution in [-0.2, 0) is 20.0 Å². The van der Waals surface area contributed by atoms with Crippen LogP contribution in [-0.4, -0.2) is 16.9 Å². The highest BCUT2D eigenvalue weighted by atomic mass is 35.5. The minimum Gasteiger partial charge on any atom is -0.481 e. The molecule has 1 aromatic carbocycles. The van der Waals surface area contributed by atoms with Gasteiger partial charge in [-0.1, -0.05) is 24.6 Å². The van der Waals surface area contributed by atoms with Gasteiger partial charge in [0.1, 0.15) is 6.07 Å². The normalized spacial score (nSPS) is 10.2. The Labute approximate surface area is 129 Å². The lowest BCUT2D eigenvalue weighted by Gasteiger charge is -2.11. The number of methoxy groups -OCH3 is 1.